The summed E-state index contributed by atoms with van der Waals surface area (Å²) in [5, 5.41) is 4.95. The average Bonchev–Trinajstić information content (AvgIpc) is 2.81. The molecule has 0 fully saturated rings. The number of aromatic nitrogens is 1. The van der Waals surface area contributed by atoms with Crippen molar-refractivity contribution in [3.05, 3.63) is 47.5 Å². The van der Waals surface area contributed by atoms with Crippen LogP contribution in [0.2, 0.25) is 5.02 Å². The van der Waals surface area contributed by atoms with Gasteiger partial charge in [-0.3, -0.25) is 0 Å². The number of thiazole rings is 1. The molecule has 1 N–H and O–H groups in total. The third-order valence-electron chi connectivity index (χ3n) is 2.69. The van der Waals surface area contributed by atoms with E-state index in [1.165, 1.54) is 4.90 Å². The molecule has 0 aliphatic heterocycles. The van der Waals surface area contributed by atoms with Crippen molar-refractivity contribution < 1.29 is 0 Å². The van der Waals surface area contributed by atoms with E-state index >= 15 is 0 Å². The average molecular weight is 307 g/mol. The summed E-state index contributed by atoms with van der Waals surface area (Å²) in [6.07, 6.45) is 2.07. The Morgan fingerprint density at radius 2 is 1.95 bits per heavy atom. The first kappa shape index (κ1) is 12.8. The van der Waals surface area contributed by atoms with E-state index < -0.39 is 0 Å². The normalized spacial score (nSPS) is 10.8. The van der Waals surface area contributed by atoms with Gasteiger partial charge in [-0.2, -0.15) is 0 Å². The van der Waals surface area contributed by atoms with E-state index in [9.17, 15) is 0 Å². The first-order valence-corrected chi connectivity index (χ1v) is 8.14. The highest BCUT2D eigenvalue weighted by Gasteiger charge is 2.04. The predicted molar refractivity (Wildman–Crippen MR) is 86.1 cm³/mol. The van der Waals surface area contributed by atoms with Crippen LogP contribution in [-0.4, -0.2) is 11.2 Å². The second-order valence-corrected chi connectivity index (χ2v) is 6.33. The van der Waals surface area contributed by atoms with Gasteiger partial charge in [0.1, 0.15) is 0 Å². The molecule has 19 heavy (non-hydrogen) atoms. The number of hydrogen-bond donors (Lipinski definition) is 1. The molecule has 0 unspecified atom stereocenters. The minimum Gasteiger partial charge on any atom is -0.332 e. The third kappa shape index (κ3) is 2.86. The van der Waals surface area contributed by atoms with Crippen molar-refractivity contribution in [3.8, 4) is 0 Å². The van der Waals surface area contributed by atoms with Crippen molar-refractivity contribution in [3.63, 3.8) is 0 Å². The Morgan fingerprint density at radius 1 is 1.16 bits per heavy atom. The van der Waals surface area contributed by atoms with E-state index in [2.05, 4.69) is 40.8 Å². The summed E-state index contributed by atoms with van der Waals surface area (Å²) in [4.78, 5) is 5.79. The molecule has 3 rings (SSSR count). The highest BCUT2D eigenvalue weighted by Crippen LogP contribution is 2.30. The van der Waals surface area contributed by atoms with Crippen LogP contribution in [0.15, 0.2) is 47.4 Å². The summed E-state index contributed by atoms with van der Waals surface area (Å²) in [6, 6.07) is 14.1. The largest absolute Gasteiger partial charge is 0.332 e. The molecule has 0 saturated carbocycles. The second kappa shape index (κ2) is 5.41. The molecule has 0 aliphatic rings. The van der Waals surface area contributed by atoms with Gasteiger partial charge in [-0.1, -0.05) is 22.9 Å². The molecular formula is C14H11ClN2S2. The molecular weight excluding hydrogens is 296 g/mol. The first-order valence-electron chi connectivity index (χ1n) is 5.72. The number of thioether (sulfide) groups is 1. The minimum absolute atomic E-state index is 0.743. The van der Waals surface area contributed by atoms with E-state index in [0.29, 0.717) is 0 Å². The molecule has 0 atom stereocenters. The van der Waals surface area contributed by atoms with Gasteiger partial charge in [-0.05, 0) is 48.7 Å². The summed E-state index contributed by atoms with van der Waals surface area (Å²) in [7, 11) is 0. The molecule has 0 aliphatic carbocycles. The second-order valence-electron chi connectivity index (χ2n) is 3.98. The van der Waals surface area contributed by atoms with Gasteiger partial charge >= 0.3 is 0 Å². The van der Waals surface area contributed by atoms with Crippen LogP contribution in [0, 0.1) is 0 Å². The molecule has 1 aromatic heterocycles. The van der Waals surface area contributed by atoms with Gasteiger partial charge in [-0.25, -0.2) is 4.98 Å². The number of benzene rings is 2. The van der Waals surface area contributed by atoms with Crippen molar-refractivity contribution >= 4 is 55.7 Å². The lowest BCUT2D eigenvalue weighted by Crippen LogP contribution is -1.88. The third-order valence-corrected chi connectivity index (χ3v) is 4.60. The molecule has 5 heteroatoms. The van der Waals surface area contributed by atoms with Crippen LogP contribution in [-0.2, 0) is 0 Å². The van der Waals surface area contributed by atoms with Crippen LogP contribution >= 0.6 is 34.7 Å². The zero-order valence-corrected chi connectivity index (χ0v) is 12.6. The molecule has 0 radical (unpaired) electrons. The Bertz CT molecular complexity index is 707. The molecule has 96 valence electrons. The van der Waals surface area contributed by atoms with E-state index in [1.54, 1.807) is 23.1 Å². The lowest BCUT2D eigenvalue weighted by Gasteiger charge is -2.02. The van der Waals surface area contributed by atoms with Crippen molar-refractivity contribution in [1.82, 2.24) is 4.98 Å². The SMILES string of the molecule is CSc1ccc(Nc2nc3ccc(Cl)cc3s2)cc1. The van der Waals surface area contributed by atoms with E-state index in [0.717, 1.165) is 26.1 Å². The Balaban J connectivity index is 1.87. The fraction of sp³-hybridized carbons (Fsp3) is 0.0714. The Hall–Kier alpha value is -1.23. The number of nitrogens with zero attached hydrogens (tertiary/aromatic N) is 1. The number of nitrogens with one attached hydrogen (secondary N) is 1. The van der Waals surface area contributed by atoms with Gasteiger partial charge in [0.05, 0.1) is 10.2 Å². The monoisotopic (exact) mass is 306 g/mol. The maximum atomic E-state index is 5.98. The fourth-order valence-corrected chi connectivity index (χ4v) is 3.32. The maximum absolute atomic E-state index is 5.98. The van der Waals surface area contributed by atoms with Crippen LogP contribution in [0.3, 0.4) is 0 Å². The highest BCUT2D eigenvalue weighted by atomic mass is 35.5. The van der Waals surface area contributed by atoms with E-state index in [1.807, 2.05) is 18.2 Å². The minimum atomic E-state index is 0.743. The number of hydrogen-bond acceptors (Lipinski definition) is 4. The topological polar surface area (TPSA) is 24.9 Å². The van der Waals surface area contributed by atoms with Crippen LogP contribution in [0.4, 0.5) is 10.8 Å². The predicted octanol–water partition coefficient (Wildman–Crippen LogP) is 5.42. The van der Waals surface area contributed by atoms with Gasteiger partial charge in [0, 0.05) is 15.6 Å². The number of fused-ring (bicyclic) bond motifs is 1. The maximum Gasteiger partial charge on any atom is 0.188 e. The van der Waals surface area contributed by atoms with Gasteiger partial charge in [-0.15, -0.1) is 11.8 Å². The smallest absolute Gasteiger partial charge is 0.188 e. The molecule has 0 bridgehead atoms. The molecule has 0 amide bonds. The Labute approximate surface area is 124 Å². The van der Waals surface area contributed by atoms with Crippen LogP contribution in [0.5, 0.6) is 0 Å². The molecule has 1 heterocycles. The van der Waals surface area contributed by atoms with Crippen molar-refractivity contribution in [1.29, 1.82) is 0 Å². The van der Waals surface area contributed by atoms with E-state index in [4.69, 9.17) is 11.6 Å². The Kier molecular flexibility index (Phi) is 3.64. The number of anilines is 2. The first-order chi connectivity index (χ1) is 9.24. The van der Waals surface area contributed by atoms with Gasteiger partial charge in [0.15, 0.2) is 5.13 Å². The van der Waals surface area contributed by atoms with Gasteiger partial charge in [0.25, 0.3) is 0 Å². The summed E-state index contributed by atoms with van der Waals surface area (Å²) in [5.74, 6) is 0. The van der Waals surface area contributed by atoms with E-state index in [-0.39, 0.29) is 0 Å². The summed E-state index contributed by atoms with van der Waals surface area (Å²) < 4.78 is 1.09. The molecule has 0 saturated heterocycles. The van der Waals surface area contributed by atoms with Gasteiger partial charge in [0.2, 0.25) is 0 Å². The quantitative estimate of drug-likeness (QED) is 0.654. The number of rotatable bonds is 3. The summed E-state index contributed by atoms with van der Waals surface area (Å²) in [5.41, 5.74) is 2.01. The fourth-order valence-electron chi connectivity index (χ4n) is 1.75. The van der Waals surface area contributed by atoms with Crippen LogP contribution < -0.4 is 5.32 Å². The van der Waals surface area contributed by atoms with Crippen molar-refractivity contribution in [2.75, 3.05) is 11.6 Å². The van der Waals surface area contributed by atoms with Crippen molar-refractivity contribution in [2.24, 2.45) is 0 Å². The van der Waals surface area contributed by atoms with Gasteiger partial charge < -0.3 is 5.32 Å². The lowest BCUT2D eigenvalue weighted by molar-refractivity contribution is 1.41. The molecule has 2 aromatic carbocycles. The number of halogens is 1. The lowest BCUT2D eigenvalue weighted by atomic mass is 10.3. The zero-order chi connectivity index (χ0) is 13.2. The van der Waals surface area contributed by atoms with Crippen molar-refractivity contribution in [2.45, 2.75) is 4.90 Å². The zero-order valence-electron chi connectivity index (χ0n) is 10.2. The highest BCUT2D eigenvalue weighted by molar-refractivity contribution is 7.98. The molecule has 3 aromatic rings. The molecule has 2 nitrogen and oxygen atoms in total. The standard InChI is InChI=1S/C14H11ClN2S2/c1-18-11-5-3-10(4-6-11)16-14-17-12-7-2-9(15)8-13(12)19-14/h2-8H,1H3,(H,16,17). The van der Waals surface area contributed by atoms with Crippen LogP contribution in [0.1, 0.15) is 0 Å². The molecule has 0 spiro atoms. The Morgan fingerprint density at radius 3 is 2.68 bits per heavy atom. The summed E-state index contributed by atoms with van der Waals surface area (Å²) >= 11 is 9.32. The van der Waals surface area contributed by atoms with Crippen LogP contribution in [0.25, 0.3) is 10.2 Å². The summed E-state index contributed by atoms with van der Waals surface area (Å²) in [6.45, 7) is 0.